The van der Waals surface area contributed by atoms with Crippen molar-refractivity contribution < 1.29 is 18.0 Å². The first-order valence-electron chi connectivity index (χ1n) is 12.2. The summed E-state index contributed by atoms with van der Waals surface area (Å²) in [5.41, 5.74) is 1.31. The zero-order valence-corrected chi connectivity index (χ0v) is 21.0. The average molecular weight is 537 g/mol. The van der Waals surface area contributed by atoms with Gasteiger partial charge in [0.2, 0.25) is 5.91 Å². The summed E-state index contributed by atoms with van der Waals surface area (Å²) in [5.74, 6) is 0.480. The normalized spacial score (nSPS) is 16.3. The summed E-state index contributed by atoms with van der Waals surface area (Å²) < 4.78 is 41.5. The number of rotatable bonds is 5. The summed E-state index contributed by atoms with van der Waals surface area (Å²) in [6.45, 7) is 1.72. The first-order valence-corrected chi connectivity index (χ1v) is 13.1. The van der Waals surface area contributed by atoms with E-state index in [4.69, 9.17) is 0 Å². The molecule has 38 heavy (non-hydrogen) atoms. The van der Waals surface area contributed by atoms with Crippen LogP contribution < -0.4 is 10.2 Å². The Kier molecular flexibility index (Phi) is 6.22. The standard InChI is InChI=1S/C27H23F3N6OS/c28-27(29,30)19-7-9-20(10-8-19)36-14-22-24(34-36)32-16-33-25(22)35-11-3-4-17(13-35)26(37)31-12-18-15-38-23-6-2-1-5-21(18)23/h1-2,5-10,14-17H,3-4,11-13H2,(H,31,37). The number of benzene rings is 2. The number of carbonyl (C=O) groups excluding carboxylic acids is 1. The van der Waals surface area contributed by atoms with E-state index in [9.17, 15) is 18.0 Å². The molecule has 0 aliphatic carbocycles. The largest absolute Gasteiger partial charge is 0.416 e. The van der Waals surface area contributed by atoms with Gasteiger partial charge in [-0.15, -0.1) is 16.4 Å². The Morgan fingerprint density at radius 3 is 2.71 bits per heavy atom. The van der Waals surface area contributed by atoms with Crippen molar-refractivity contribution in [3.63, 3.8) is 0 Å². The second-order valence-electron chi connectivity index (χ2n) is 9.31. The number of anilines is 1. The number of carbonyl (C=O) groups is 1. The van der Waals surface area contributed by atoms with E-state index in [1.165, 1.54) is 27.8 Å². The number of halogens is 3. The number of fused-ring (bicyclic) bond motifs is 2. The lowest BCUT2D eigenvalue weighted by molar-refractivity contribution is -0.137. The molecule has 1 amide bonds. The molecule has 0 radical (unpaired) electrons. The summed E-state index contributed by atoms with van der Waals surface area (Å²) >= 11 is 1.67. The summed E-state index contributed by atoms with van der Waals surface area (Å²) in [7, 11) is 0. The Morgan fingerprint density at radius 1 is 1.08 bits per heavy atom. The van der Waals surface area contributed by atoms with Gasteiger partial charge in [0.05, 0.1) is 22.6 Å². The third-order valence-electron chi connectivity index (χ3n) is 6.86. The van der Waals surface area contributed by atoms with Crippen LogP contribution in [0.25, 0.3) is 26.8 Å². The van der Waals surface area contributed by atoms with Gasteiger partial charge in [-0.05, 0) is 59.5 Å². The van der Waals surface area contributed by atoms with Crippen LogP contribution in [0.1, 0.15) is 24.0 Å². The van der Waals surface area contributed by atoms with Crippen LogP contribution in [-0.2, 0) is 17.5 Å². The highest BCUT2D eigenvalue weighted by molar-refractivity contribution is 7.17. The molecule has 3 aromatic heterocycles. The molecule has 1 aliphatic heterocycles. The topological polar surface area (TPSA) is 75.9 Å². The second-order valence-corrected chi connectivity index (χ2v) is 10.2. The van der Waals surface area contributed by atoms with E-state index in [2.05, 4.69) is 42.8 Å². The summed E-state index contributed by atoms with van der Waals surface area (Å²) in [5, 5.41) is 11.5. The highest BCUT2D eigenvalue weighted by Crippen LogP contribution is 2.31. The number of hydrogen-bond donors (Lipinski definition) is 1. The molecule has 2 aromatic carbocycles. The Balaban J connectivity index is 1.18. The van der Waals surface area contributed by atoms with Gasteiger partial charge in [-0.2, -0.15) is 13.2 Å². The smallest absolute Gasteiger partial charge is 0.355 e. The van der Waals surface area contributed by atoms with Crippen molar-refractivity contribution in [3.8, 4) is 5.69 Å². The Morgan fingerprint density at radius 2 is 1.89 bits per heavy atom. The van der Waals surface area contributed by atoms with Crippen molar-refractivity contribution in [3.05, 3.63) is 77.6 Å². The van der Waals surface area contributed by atoms with E-state index in [0.29, 0.717) is 35.6 Å². The molecule has 1 unspecified atom stereocenters. The summed E-state index contributed by atoms with van der Waals surface area (Å²) in [6, 6.07) is 13.0. The molecule has 1 atom stereocenters. The number of nitrogens with one attached hydrogen (secondary N) is 1. The minimum absolute atomic E-state index is 0.00994. The maximum absolute atomic E-state index is 13.1. The molecule has 7 nitrogen and oxygen atoms in total. The molecule has 1 saturated heterocycles. The van der Waals surface area contributed by atoms with E-state index in [1.807, 2.05) is 12.1 Å². The monoisotopic (exact) mass is 536 g/mol. The van der Waals surface area contributed by atoms with E-state index >= 15 is 0 Å². The number of aromatic nitrogens is 4. The third-order valence-corrected chi connectivity index (χ3v) is 7.87. The second kappa shape index (κ2) is 9.71. The van der Waals surface area contributed by atoms with Crippen LogP contribution in [0.2, 0.25) is 0 Å². The number of hydrogen-bond acceptors (Lipinski definition) is 6. The molecule has 194 valence electrons. The lowest BCUT2D eigenvalue weighted by Crippen LogP contribution is -2.43. The van der Waals surface area contributed by atoms with Gasteiger partial charge in [0.1, 0.15) is 12.1 Å². The number of amides is 1. The van der Waals surface area contributed by atoms with Crippen molar-refractivity contribution in [1.29, 1.82) is 0 Å². The van der Waals surface area contributed by atoms with Crippen molar-refractivity contribution in [1.82, 2.24) is 25.1 Å². The fraction of sp³-hybridized carbons (Fsp3) is 0.259. The van der Waals surface area contributed by atoms with Gasteiger partial charge in [-0.25, -0.2) is 14.6 Å². The maximum atomic E-state index is 13.1. The zero-order chi connectivity index (χ0) is 26.3. The lowest BCUT2D eigenvalue weighted by Gasteiger charge is -2.33. The van der Waals surface area contributed by atoms with E-state index in [0.717, 1.165) is 42.5 Å². The highest BCUT2D eigenvalue weighted by Gasteiger charge is 2.30. The Hall–Kier alpha value is -3.99. The van der Waals surface area contributed by atoms with E-state index in [-0.39, 0.29) is 11.8 Å². The van der Waals surface area contributed by atoms with Crippen LogP contribution in [0.15, 0.2) is 66.4 Å². The molecule has 11 heteroatoms. The molecular weight excluding hydrogens is 513 g/mol. The average Bonchev–Trinajstić information content (AvgIpc) is 3.56. The van der Waals surface area contributed by atoms with Crippen LogP contribution in [0.5, 0.6) is 0 Å². The molecule has 6 rings (SSSR count). The van der Waals surface area contributed by atoms with Gasteiger partial charge >= 0.3 is 6.18 Å². The van der Waals surface area contributed by atoms with Crippen molar-refractivity contribution in [2.45, 2.75) is 25.6 Å². The van der Waals surface area contributed by atoms with Crippen LogP contribution in [0, 0.1) is 5.92 Å². The van der Waals surface area contributed by atoms with Gasteiger partial charge in [0.15, 0.2) is 5.65 Å². The van der Waals surface area contributed by atoms with Crippen LogP contribution in [-0.4, -0.2) is 38.7 Å². The first kappa shape index (κ1) is 24.4. The molecule has 1 aliphatic rings. The number of alkyl halides is 3. The SMILES string of the molecule is O=C(NCc1csc2ccccc12)C1CCCN(c2ncnc3nn(-c4ccc(C(F)(F)F)cc4)cc23)C1. The number of thiophene rings is 1. The van der Waals surface area contributed by atoms with Crippen molar-refractivity contribution in [2.24, 2.45) is 5.92 Å². The van der Waals surface area contributed by atoms with E-state index < -0.39 is 11.7 Å². The van der Waals surface area contributed by atoms with Gasteiger partial charge < -0.3 is 10.2 Å². The molecule has 0 saturated carbocycles. The van der Waals surface area contributed by atoms with Gasteiger partial charge in [-0.1, -0.05) is 18.2 Å². The van der Waals surface area contributed by atoms with Crippen LogP contribution in [0.3, 0.4) is 0 Å². The molecule has 1 fully saturated rings. The van der Waals surface area contributed by atoms with Gasteiger partial charge in [-0.3, -0.25) is 4.79 Å². The van der Waals surface area contributed by atoms with E-state index in [1.54, 1.807) is 17.5 Å². The third kappa shape index (κ3) is 4.69. The Labute approximate surface area is 219 Å². The molecule has 0 bridgehead atoms. The fourth-order valence-corrected chi connectivity index (χ4v) is 5.86. The zero-order valence-electron chi connectivity index (χ0n) is 20.2. The predicted molar refractivity (Wildman–Crippen MR) is 140 cm³/mol. The molecule has 1 N–H and O–H groups in total. The lowest BCUT2D eigenvalue weighted by atomic mass is 9.97. The maximum Gasteiger partial charge on any atom is 0.416 e. The summed E-state index contributed by atoms with van der Waals surface area (Å²) in [6.07, 6.45) is 0.357. The first-order chi connectivity index (χ1) is 18.4. The molecule has 5 aromatic rings. The molecule has 0 spiro atoms. The van der Waals surface area contributed by atoms with Crippen LogP contribution in [0.4, 0.5) is 19.0 Å². The summed E-state index contributed by atoms with van der Waals surface area (Å²) in [4.78, 5) is 23.9. The minimum atomic E-state index is -4.40. The van der Waals surface area contributed by atoms with Gasteiger partial charge in [0.25, 0.3) is 0 Å². The highest BCUT2D eigenvalue weighted by atomic mass is 32.1. The quantitative estimate of drug-likeness (QED) is 0.317. The molecular formula is C27H23F3N6OS. The van der Waals surface area contributed by atoms with Crippen molar-refractivity contribution in [2.75, 3.05) is 18.0 Å². The minimum Gasteiger partial charge on any atom is -0.355 e. The van der Waals surface area contributed by atoms with Gasteiger partial charge in [0, 0.05) is 30.5 Å². The number of piperidine rings is 1. The fourth-order valence-electron chi connectivity index (χ4n) is 4.89. The van der Waals surface area contributed by atoms with Crippen LogP contribution >= 0.6 is 11.3 Å². The molecule has 4 heterocycles. The predicted octanol–water partition coefficient (Wildman–Crippen LogP) is 5.58. The van der Waals surface area contributed by atoms with Crippen molar-refractivity contribution >= 4 is 44.2 Å². The number of nitrogens with zero attached hydrogens (tertiary/aromatic N) is 5. The Bertz CT molecular complexity index is 1610.